The van der Waals surface area contributed by atoms with Crippen LogP contribution < -0.4 is 4.74 Å². The van der Waals surface area contributed by atoms with E-state index in [1.54, 1.807) is 6.92 Å². The SMILES string of the molecule is CCCOc1ccc(C)cc1CCC(O)C(C)O. The van der Waals surface area contributed by atoms with Crippen molar-refractivity contribution < 1.29 is 14.9 Å². The Balaban J connectivity index is 2.69. The largest absolute Gasteiger partial charge is 0.493 e. The maximum atomic E-state index is 9.63. The van der Waals surface area contributed by atoms with E-state index in [4.69, 9.17) is 4.74 Å². The molecule has 0 amide bonds. The molecule has 0 saturated heterocycles. The number of rotatable bonds is 7. The third kappa shape index (κ3) is 4.67. The molecule has 1 aromatic carbocycles. The molecular formula is C15H24O3. The standard InChI is InChI=1S/C15H24O3/c1-4-9-18-15-8-5-11(2)10-13(15)6-7-14(17)12(3)16/h5,8,10,12,14,16-17H,4,6-7,9H2,1-3H3. The molecule has 1 rings (SSSR count). The van der Waals surface area contributed by atoms with E-state index in [1.807, 2.05) is 19.1 Å². The summed E-state index contributed by atoms with van der Waals surface area (Å²) < 4.78 is 5.69. The Morgan fingerprint density at radius 3 is 2.61 bits per heavy atom. The molecule has 0 radical (unpaired) electrons. The normalized spacial score (nSPS) is 14.3. The third-order valence-corrected chi connectivity index (χ3v) is 2.94. The van der Waals surface area contributed by atoms with Crippen LogP contribution in [0.1, 0.15) is 37.8 Å². The first kappa shape index (κ1) is 15.0. The van der Waals surface area contributed by atoms with Gasteiger partial charge in [-0.1, -0.05) is 24.6 Å². The Bertz CT molecular complexity index is 361. The molecule has 0 heterocycles. The predicted octanol–water partition coefficient (Wildman–Crippen LogP) is 2.46. The zero-order valence-corrected chi connectivity index (χ0v) is 11.5. The fourth-order valence-electron chi connectivity index (χ4n) is 1.80. The smallest absolute Gasteiger partial charge is 0.122 e. The first-order valence-electron chi connectivity index (χ1n) is 6.63. The Labute approximate surface area is 109 Å². The van der Waals surface area contributed by atoms with Crippen LogP contribution in [-0.4, -0.2) is 29.0 Å². The van der Waals surface area contributed by atoms with Crippen LogP contribution in [0.25, 0.3) is 0 Å². The maximum absolute atomic E-state index is 9.63. The van der Waals surface area contributed by atoms with E-state index in [9.17, 15) is 10.2 Å². The molecule has 2 N–H and O–H groups in total. The van der Waals surface area contributed by atoms with E-state index < -0.39 is 12.2 Å². The summed E-state index contributed by atoms with van der Waals surface area (Å²) in [5, 5.41) is 18.9. The molecule has 0 fully saturated rings. The summed E-state index contributed by atoms with van der Waals surface area (Å²) in [5.74, 6) is 0.889. The number of aliphatic hydroxyl groups is 2. The Hall–Kier alpha value is -1.06. The van der Waals surface area contributed by atoms with E-state index in [2.05, 4.69) is 13.0 Å². The molecule has 0 bridgehead atoms. The Morgan fingerprint density at radius 1 is 1.28 bits per heavy atom. The van der Waals surface area contributed by atoms with Crippen molar-refractivity contribution in [3.63, 3.8) is 0 Å². The van der Waals surface area contributed by atoms with Crippen molar-refractivity contribution in [2.45, 2.75) is 52.2 Å². The maximum Gasteiger partial charge on any atom is 0.122 e. The van der Waals surface area contributed by atoms with E-state index in [-0.39, 0.29) is 0 Å². The van der Waals surface area contributed by atoms with Gasteiger partial charge in [0.2, 0.25) is 0 Å². The molecular weight excluding hydrogens is 228 g/mol. The Kier molecular flexibility index (Phi) is 6.16. The minimum absolute atomic E-state index is 0.545. The summed E-state index contributed by atoms with van der Waals surface area (Å²) in [6.07, 6.45) is 0.874. The van der Waals surface area contributed by atoms with Gasteiger partial charge in [-0.2, -0.15) is 0 Å². The molecule has 2 atom stereocenters. The Morgan fingerprint density at radius 2 is 2.00 bits per heavy atom. The monoisotopic (exact) mass is 252 g/mol. The van der Waals surface area contributed by atoms with Crippen molar-refractivity contribution in [2.24, 2.45) is 0 Å². The van der Waals surface area contributed by atoms with Crippen molar-refractivity contribution in [2.75, 3.05) is 6.61 Å². The average molecular weight is 252 g/mol. The highest BCUT2D eigenvalue weighted by molar-refractivity contribution is 5.37. The minimum atomic E-state index is -0.685. The molecule has 3 heteroatoms. The second-order valence-corrected chi connectivity index (χ2v) is 4.81. The number of hydrogen-bond acceptors (Lipinski definition) is 3. The summed E-state index contributed by atoms with van der Waals surface area (Å²) in [7, 11) is 0. The lowest BCUT2D eigenvalue weighted by atomic mass is 10.0. The van der Waals surface area contributed by atoms with Gasteiger partial charge < -0.3 is 14.9 Å². The average Bonchev–Trinajstić information content (AvgIpc) is 2.34. The molecule has 0 spiro atoms. The highest BCUT2D eigenvalue weighted by Crippen LogP contribution is 2.22. The van der Waals surface area contributed by atoms with Crippen LogP contribution in [0.5, 0.6) is 5.75 Å². The molecule has 3 nitrogen and oxygen atoms in total. The highest BCUT2D eigenvalue weighted by Gasteiger charge is 2.12. The number of ether oxygens (including phenoxy) is 1. The van der Waals surface area contributed by atoms with E-state index in [0.717, 1.165) is 17.7 Å². The summed E-state index contributed by atoms with van der Waals surface area (Å²) in [4.78, 5) is 0. The van der Waals surface area contributed by atoms with Crippen LogP contribution in [-0.2, 0) is 6.42 Å². The van der Waals surface area contributed by atoms with Gasteiger partial charge >= 0.3 is 0 Å². The lowest BCUT2D eigenvalue weighted by molar-refractivity contribution is 0.0264. The second kappa shape index (κ2) is 7.39. The molecule has 0 aromatic heterocycles. The molecule has 1 aromatic rings. The van der Waals surface area contributed by atoms with Crippen LogP contribution in [0.2, 0.25) is 0 Å². The van der Waals surface area contributed by atoms with Crippen LogP contribution in [0.15, 0.2) is 18.2 Å². The zero-order chi connectivity index (χ0) is 13.5. The number of aliphatic hydroxyl groups excluding tert-OH is 2. The number of hydrogen-bond donors (Lipinski definition) is 2. The van der Waals surface area contributed by atoms with Gasteiger partial charge in [-0.25, -0.2) is 0 Å². The molecule has 102 valence electrons. The van der Waals surface area contributed by atoms with Gasteiger partial charge in [0.25, 0.3) is 0 Å². The summed E-state index contributed by atoms with van der Waals surface area (Å²) in [6, 6.07) is 6.09. The number of aryl methyl sites for hydroxylation is 2. The number of benzene rings is 1. The zero-order valence-electron chi connectivity index (χ0n) is 11.5. The fourth-order valence-corrected chi connectivity index (χ4v) is 1.80. The lowest BCUT2D eigenvalue weighted by Crippen LogP contribution is -2.23. The van der Waals surface area contributed by atoms with Crippen molar-refractivity contribution >= 4 is 0 Å². The topological polar surface area (TPSA) is 49.7 Å². The van der Waals surface area contributed by atoms with Crippen molar-refractivity contribution in [1.82, 2.24) is 0 Å². The van der Waals surface area contributed by atoms with Gasteiger partial charge in [-0.15, -0.1) is 0 Å². The fraction of sp³-hybridized carbons (Fsp3) is 0.600. The van der Waals surface area contributed by atoms with Gasteiger partial charge in [0.05, 0.1) is 18.8 Å². The molecule has 2 unspecified atom stereocenters. The van der Waals surface area contributed by atoms with Gasteiger partial charge in [0, 0.05) is 0 Å². The predicted molar refractivity (Wildman–Crippen MR) is 73.0 cm³/mol. The molecule has 0 aliphatic carbocycles. The summed E-state index contributed by atoms with van der Waals surface area (Å²) in [5.41, 5.74) is 2.28. The summed E-state index contributed by atoms with van der Waals surface area (Å²) in [6.45, 7) is 6.42. The molecule has 0 saturated carbocycles. The quantitative estimate of drug-likeness (QED) is 0.783. The van der Waals surface area contributed by atoms with Gasteiger partial charge in [0.1, 0.15) is 5.75 Å². The van der Waals surface area contributed by atoms with E-state index in [1.165, 1.54) is 5.56 Å². The van der Waals surface area contributed by atoms with Crippen LogP contribution in [0.3, 0.4) is 0 Å². The van der Waals surface area contributed by atoms with Gasteiger partial charge in [-0.3, -0.25) is 0 Å². The van der Waals surface area contributed by atoms with Crippen LogP contribution in [0, 0.1) is 6.92 Å². The van der Waals surface area contributed by atoms with Gasteiger partial charge in [-0.05, 0) is 44.7 Å². The van der Waals surface area contributed by atoms with Crippen LogP contribution >= 0.6 is 0 Å². The minimum Gasteiger partial charge on any atom is -0.493 e. The summed E-state index contributed by atoms with van der Waals surface area (Å²) >= 11 is 0. The lowest BCUT2D eigenvalue weighted by Gasteiger charge is -2.16. The second-order valence-electron chi connectivity index (χ2n) is 4.81. The molecule has 0 aliphatic rings. The molecule has 18 heavy (non-hydrogen) atoms. The van der Waals surface area contributed by atoms with Crippen molar-refractivity contribution in [1.29, 1.82) is 0 Å². The first-order valence-corrected chi connectivity index (χ1v) is 6.63. The van der Waals surface area contributed by atoms with E-state index in [0.29, 0.717) is 19.4 Å². The first-order chi connectivity index (χ1) is 8.54. The molecule has 0 aliphatic heterocycles. The third-order valence-electron chi connectivity index (χ3n) is 2.94. The highest BCUT2D eigenvalue weighted by atomic mass is 16.5. The van der Waals surface area contributed by atoms with Crippen LogP contribution in [0.4, 0.5) is 0 Å². The van der Waals surface area contributed by atoms with Gasteiger partial charge in [0.15, 0.2) is 0 Å². The van der Waals surface area contributed by atoms with E-state index >= 15 is 0 Å². The van der Waals surface area contributed by atoms with Crippen molar-refractivity contribution in [3.05, 3.63) is 29.3 Å². The van der Waals surface area contributed by atoms with Crippen molar-refractivity contribution in [3.8, 4) is 5.75 Å².